The number of hydrogen-bond acceptors (Lipinski definition) is 2. The van der Waals surface area contributed by atoms with Gasteiger partial charge in [-0.15, -0.1) is 0 Å². The number of carbonyl (C=O) groups is 1. The number of amides is 1. The van der Waals surface area contributed by atoms with E-state index in [2.05, 4.69) is 5.32 Å². The van der Waals surface area contributed by atoms with Crippen LogP contribution in [0, 0.1) is 0 Å². The highest BCUT2D eigenvalue weighted by atomic mass is 16.3. The van der Waals surface area contributed by atoms with Crippen LogP contribution >= 0.6 is 0 Å². The summed E-state index contributed by atoms with van der Waals surface area (Å²) >= 11 is 0. The fourth-order valence-electron chi connectivity index (χ4n) is 2.14. The van der Waals surface area contributed by atoms with E-state index in [-0.39, 0.29) is 11.8 Å². The van der Waals surface area contributed by atoms with Crippen LogP contribution in [0.2, 0.25) is 0 Å². The van der Waals surface area contributed by atoms with Gasteiger partial charge < -0.3 is 9.73 Å². The highest BCUT2D eigenvalue weighted by molar-refractivity contribution is 5.85. The maximum absolute atomic E-state index is 11.1. The van der Waals surface area contributed by atoms with Crippen molar-refractivity contribution >= 4 is 16.9 Å². The topological polar surface area (TPSA) is 42.2 Å². The summed E-state index contributed by atoms with van der Waals surface area (Å²) in [4.78, 5) is 11.1. The van der Waals surface area contributed by atoms with Gasteiger partial charge in [-0.2, -0.15) is 0 Å². The molecule has 1 amide bonds. The average molecular weight is 201 g/mol. The van der Waals surface area contributed by atoms with Crippen molar-refractivity contribution in [1.82, 2.24) is 5.32 Å². The normalized spacial score (nSPS) is 20.8. The number of hydrogen-bond donors (Lipinski definition) is 1. The van der Waals surface area contributed by atoms with Crippen molar-refractivity contribution in [2.75, 3.05) is 6.54 Å². The average Bonchev–Trinajstić information content (AvgIpc) is 2.83. The first-order valence-electron chi connectivity index (χ1n) is 5.07. The maximum atomic E-state index is 11.1. The molecule has 0 radical (unpaired) electrons. The zero-order valence-electron chi connectivity index (χ0n) is 8.19. The molecule has 15 heavy (non-hydrogen) atoms. The molecule has 3 rings (SSSR count). The third-order valence-electron chi connectivity index (χ3n) is 2.93. The lowest BCUT2D eigenvalue weighted by atomic mass is 9.98. The van der Waals surface area contributed by atoms with Gasteiger partial charge in [0.25, 0.3) is 0 Å². The Morgan fingerprint density at radius 3 is 3.00 bits per heavy atom. The summed E-state index contributed by atoms with van der Waals surface area (Å²) < 4.78 is 5.46. The lowest BCUT2D eigenvalue weighted by Crippen LogP contribution is -2.13. The van der Waals surface area contributed by atoms with Gasteiger partial charge in [0.05, 0.1) is 6.26 Å². The van der Waals surface area contributed by atoms with E-state index < -0.39 is 0 Å². The zero-order chi connectivity index (χ0) is 10.3. The fourth-order valence-corrected chi connectivity index (χ4v) is 2.14. The maximum Gasteiger partial charge on any atom is 0.220 e. The van der Waals surface area contributed by atoms with Gasteiger partial charge in [0.2, 0.25) is 5.91 Å². The van der Waals surface area contributed by atoms with E-state index in [4.69, 9.17) is 4.42 Å². The number of furan rings is 1. The second kappa shape index (κ2) is 3.12. The summed E-state index contributed by atoms with van der Waals surface area (Å²) in [6, 6.07) is 7.93. The number of nitrogens with one attached hydrogen (secondary N) is 1. The quantitative estimate of drug-likeness (QED) is 0.767. The molecule has 0 bridgehead atoms. The zero-order valence-corrected chi connectivity index (χ0v) is 8.19. The molecular weight excluding hydrogens is 190 g/mol. The number of benzene rings is 1. The molecule has 1 aromatic carbocycles. The van der Waals surface area contributed by atoms with Gasteiger partial charge in [-0.05, 0) is 6.07 Å². The molecule has 1 unspecified atom stereocenters. The predicted molar refractivity (Wildman–Crippen MR) is 56.6 cm³/mol. The highest BCUT2D eigenvalue weighted by Gasteiger charge is 2.25. The van der Waals surface area contributed by atoms with Crippen LogP contribution in [0.1, 0.15) is 17.9 Å². The molecule has 1 N–H and O–H groups in total. The van der Waals surface area contributed by atoms with Crippen LogP contribution in [0.3, 0.4) is 0 Å². The first-order valence-corrected chi connectivity index (χ1v) is 5.07. The summed E-state index contributed by atoms with van der Waals surface area (Å²) in [5.41, 5.74) is 2.04. The molecule has 1 aliphatic rings. The second-order valence-corrected chi connectivity index (χ2v) is 3.89. The van der Waals surface area contributed by atoms with E-state index >= 15 is 0 Å². The lowest BCUT2D eigenvalue weighted by Gasteiger charge is -2.03. The van der Waals surface area contributed by atoms with Gasteiger partial charge in [-0.1, -0.05) is 18.2 Å². The Morgan fingerprint density at radius 2 is 2.20 bits per heavy atom. The van der Waals surface area contributed by atoms with Gasteiger partial charge in [0.15, 0.2) is 0 Å². The Labute approximate surface area is 87.1 Å². The van der Waals surface area contributed by atoms with Crippen molar-refractivity contribution in [3.05, 3.63) is 36.1 Å². The fraction of sp³-hybridized carbons (Fsp3) is 0.250. The van der Waals surface area contributed by atoms with Crippen LogP contribution in [0.5, 0.6) is 0 Å². The van der Waals surface area contributed by atoms with Crippen molar-refractivity contribution in [2.24, 2.45) is 0 Å². The Kier molecular flexibility index (Phi) is 1.78. The molecular formula is C12H11NO2. The van der Waals surface area contributed by atoms with Crippen molar-refractivity contribution in [3.63, 3.8) is 0 Å². The molecule has 0 aliphatic carbocycles. The standard InChI is InChI=1S/C12H11NO2/c14-12-5-8(6-13-12)10-7-15-11-4-2-1-3-9(10)11/h1-4,7-8H,5-6H2,(H,13,14). The molecule has 76 valence electrons. The minimum Gasteiger partial charge on any atom is -0.464 e. The van der Waals surface area contributed by atoms with Crippen molar-refractivity contribution in [3.8, 4) is 0 Å². The van der Waals surface area contributed by atoms with E-state index in [0.29, 0.717) is 6.42 Å². The number of rotatable bonds is 1. The van der Waals surface area contributed by atoms with Crippen LogP contribution in [-0.2, 0) is 4.79 Å². The second-order valence-electron chi connectivity index (χ2n) is 3.89. The van der Waals surface area contributed by atoms with Gasteiger partial charge in [-0.25, -0.2) is 0 Å². The third-order valence-corrected chi connectivity index (χ3v) is 2.93. The highest BCUT2D eigenvalue weighted by Crippen LogP contribution is 2.31. The SMILES string of the molecule is O=C1CC(c2coc3ccccc23)CN1. The van der Waals surface area contributed by atoms with Crippen molar-refractivity contribution in [2.45, 2.75) is 12.3 Å². The number of carbonyl (C=O) groups excluding carboxylic acids is 1. The number of fused-ring (bicyclic) bond motifs is 1. The predicted octanol–water partition coefficient (Wildman–Crippen LogP) is 2.04. The summed E-state index contributed by atoms with van der Waals surface area (Å²) in [7, 11) is 0. The van der Waals surface area contributed by atoms with Gasteiger partial charge >= 0.3 is 0 Å². The van der Waals surface area contributed by atoms with Crippen molar-refractivity contribution < 1.29 is 9.21 Å². The molecule has 1 aromatic heterocycles. The summed E-state index contributed by atoms with van der Waals surface area (Å²) in [6.45, 7) is 0.725. The van der Waals surface area contributed by atoms with Crippen LogP contribution in [0.25, 0.3) is 11.0 Å². The summed E-state index contributed by atoms with van der Waals surface area (Å²) in [5.74, 6) is 0.395. The molecule has 3 heteroatoms. The van der Waals surface area contributed by atoms with Gasteiger partial charge in [0, 0.05) is 29.8 Å². The molecule has 1 fully saturated rings. The van der Waals surface area contributed by atoms with E-state index in [1.54, 1.807) is 6.26 Å². The van der Waals surface area contributed by atoms with Crippen LogP contribution in [0.4, 0.5) is 0 Å². The minimum atomic E-state index is 0.130. The third kappa shape index (κ3) is 1.31. The Hall–Kier alpha value is -1.77. The van der Waals surface area contributed by atoms with Crippen molar-refractivity contribution in [1.29, 1.82) is 0 Å². The van der Waals surface area contributed by atoms with E-state index in [1.807, 2.05) is 24.3 Å². The molecule has 0 spiro atoms. The molecule has 2 heterocycles. The first kappa shape index (κ1) is 8.53. The van der Waals surface area contributed by atoms with Gasteiger partial charge in [0.1, 0.15) is 5.58 Å². The van der Waals surface area contributed by atoms with E-state index in [1.165, 1.54) is 0 Å². The smallest absolute Gasteiger partial charge is 0.220 e. The summed E-state index contributed by atoms with van der Waals surface area (Å²) in [6.07, 6.45) is 2.35. The molecule has 0 saturated carbocycles. The Morgan fingerprint density at radius 1 is 1.33 bits per heavy atom. The van der Waals surface area contributed by atoms with Crippen LogP contribution < -0.4 is 5.32 Å². The van der Waals surface area contributed by atoms with Crippen LogP contribution in [-0.4, -0.2) is 12.5 Å². The molecule has 1 aliphatic heterocycles. The van der Waals surface area contributed by atoms with E-state index in [9.17, 15) is 4.79 Å². The van der Waals surface area contributed by atoms with E-state index in [0.717, 1.165) is 23.1 Å². The molecule has 1 saturated heterocycles. The Balaban J connectivity index is 2.07. The molecule has 3 nitrogen and oxygen atoms in total. The Bertz CT molecular complexity index is 515. The summed E-state index contributed by atoms with van der Waals surface area (Å²) in [5, 5.41) is 3.97. The number of para-hydroxylation sites is 1. The lowest BCUT2D eigenvalue weighted by molar-refractivity contribution is -0.119. The minimum absolute atomic E-state index is 0.130. The monoisotopic (exact) mass is 201 g/mol. The molecule has 1 atom stereocenters. The largest absolute Gasteiger partial charge is 0.464 e. The van der Waals surface area contributed by atoms with Gasteiger partial charge in [-0.3, -0.25) is 4.79 Å². The molecule has 2 aromatic rings. The van der Waals surface area contributed by atoms with Crippen LogP contribution in [0.15, 0.2) is 34.9 Å². The first-order chi connectivity index (χ1) is 7.34.